The van der Waals surface area contributed by atoms with Crippen LogP contribution in [0.15, 0.2) is 65.5 Å². The van der Waals surface area contributed by atoms with E-state index in [0.29, 0.717) is 18.8 Å². The van der Waals surface area contributed by atoms with Gasteiger partial charge in [0.1, 0.15) is 11.9 Å². The summed E-state index contributed by atoms with van der Waals surface area (Å²) in [5, 5.41) is 3.16. The quantitative estimate of drug-likeness (QED) is 0.724. The van der Waals surface area contributed by atoms with Crippen molar-refractivity contribution in [1.29, 1.82) is 0 Å². The lowest BCUT2D eigenvalue weighted by molar-refractivity contribution is -0.126. The van der Waals surface area contributed by atoms with Crippen LogP contribution in [0.2, 0.25) is 0 Å². The molecule has 1 N–H and O–H groups in total. The van der Waals surface area contributed by atoms with Crippen LogP contribution >= 0.6 is 0 Å². The first kappa shape index (κ1) is 19.0. The third-order valence-corrected chi connectivity index (χ3v) is 5.35. The van der Waals surface area contributed by atoms with Crippen LogP contribution in [0.25, 0.3) is 0 Å². The Morgan fingerprint density at radius 1 is 1.21 bits per heavy atom. The number of amides is 2. The number of imidazole rings is 1. The van der Waals surface area contributed by atoms with E-state index in [2.05, 4.69) is 10.3 Å². The third kappa shape index (κ3) is 4.08. The number of hydrogen-bond acceptors (Lipinski definition) is 4. The largest absolute Gasteiger partial charge is 0.459 e. The number of carbonyl (C=O) groups excluding carboxylic acids is 2. The molecule has 7 heteroatoms. The first-order valence-corrected chi connectivity index (χ1v) is 9.79. The van der Waals surface area contributed by atoms with Gasteiger partial charge in [-0.2, -0.15) is 0 Å². The van der Waals surface area contributed by atoms with E-state index in [1.54, 1.807) is 23.2 Å². The van der Waals surface area contributed by atoms with E-state index < -0.39 is 0 Å². The minimum absolute atomic E-state index is 0.0706. The maximum absolute atomic E-state index is 13.1. The lowest BCUT2D eigenvalue weighted by atomic mass is 9.95. The van der Waals surface area contributed by atoms with Gasteiger partial charge in [0.05, 0.1) is 12.2 Å². The molecule has 0 aliphatic carbocycles. The second-order valence-corrected chi connectivity index (χ2v) is 7.32. The van der Waals surface area contributed by atoms with Crippen molar-refractivity contribution < 1.29 is 14.0 Å². The average Bonchev–Trinajstić information content (AvgIpc) is 3.44. The van der Waals surface area contributed by atoms with Crippen molar-refractivity contribution in [1.82, 2.24) is 19.8 Å². The predicted octanol–water partition coefficient (Wildman–Crippen LogP) is 2.77. The van der Waals surface area contributed by atoms with Gasteiger partial charge in [-0.1, -0.05) is 30.3 Å². The lowest BCUT2D eigenvalue weighted by Gasteiger charge is -2.32. The van der Waals surface area contributed by atoms with E-state index in [0.717, 1.165) is 24.2 Å². The molecule has 0 spiro atoms. The zero-order valence-corrected chi connectivity index (χ0v) is 16.3. The highest BCUT2D eigenvalue weighted by Crippen LogP contribution is 2.24. The van der Waals surface area contributed by atoms with Gasteiger partial charge in [0, 0.05) is 32.5 Å². The van der Waals surface area contributed by atoms with Gasteiger partial charge in [-0.25, -0.2) is 4.98 Å². The molecule has 4 rings (SSSR count). The summed E-state index contributed by atoms with van der Waals surface area (Å²) in [6.07, 6.45) is 6.60. The van der Waals surface area contributed by atoms with Gasteiger partial charge in [-0.05, 0) is 30.5 Å². The Bertz CT molecular complexity index is 965. The molecule has 2 unspecified atom stereocenters. The molecule has 2 atom stereocenters. The Labute approximate surface area is 169 Å². The van der Waals surface area contributed by atoms with E-state index in [-0.39, 0.29) is 23.8 Å². The highest BCUT2D eigenvalue weighted by molar-refractivity contribution is 5.92. The number of rotatable bonds is 5. The van der Waals surface area contributed by atoms with Crippen LogP contribution in [0.3, 0.4) is 0 Å². The fourth-order valence-electron chi connectivity index (χ4n) is 3.79. The zero-order valence-electron chi connectivity index (χ0n) is 16.3. The van der Waals surface area contributed by atoms with Crippen molar-refractivity contribution in [2.24, 2.45) is 13.0 Å². The number of piperidine rings is 1. The number of nitrogens with zero attached hydrogens (tertiary/aromatic N) is 3. The van der Waals surface area contributed by atoms with Crippen LogP contribution in [-0.4, -0.2) is 39.4 Å². The molecule has 1 fully saturated rings. The average molecular weight is 392 g/mol. The normalized spacial score (nSPS) is 17.7. The molecule has 150 valence electrons. The van der Waals surface area contributed by atoms with E-state index in [4.69, 9.17) is 4.42 Å². The molecule has 2 aromatic heterocycles. The molecule has 3 aromatic rings. The lowest BCUT2D eigenvalue weighted by Crippen LogP contribution is -2.46. The second kappa shape index (κ2) is 8.34. The van der Waals surface area contributed by atoms with Crippen LogP contribution in [0.5, 0.6) is 0 Å². The summed E-state index contributed by atoms with van der Waals surface area (Å²) in [4.78, 5) is 31.9. The van der Waals surface area contributed by atoms with Crippen molar-refractivity contribution >= 4 is 11.8 Å². The Morgan fingerprint density at radius 3 is 2.72 bits per heavy atom. The molecule has 0 radical (unpaired) electrons. The molecule has 29 heavy (non-hydrogen) atoms. The molecule has 1 aromatic carbocycles. The molecular weight excluding hydrogens is 368 g/mol. The van der Waals surface area contributed by atoms with Crippen molar-refractivity contribution in [2.75, 3.05) is 13.1 Å². The number of furan rings is 1. The van der Waals surface area contributed by atoms with Gasteiger partial charge in [0.2, 0.25) is 5.91 Å². The highest BCUT2D eigenvalue weighted by Gasteiger charge is 2.32. The van der Waals surface area contributed by atoms with Gasteiger partial charge in [0.25, 0.3) is 5.91 Å². The highest BCUT2D eigenvalue weighted by atomic mass is 16.3. The summed E-state index contributed by atoms with van der Waals surface area (Å²) in [6, 6.07) is 12.8. The number of aromatic nitrogens is 2. The predicted molar refractivity (Wildman–Crippen MR) is 107 cm³/mol. The number of aryl methyl sites for hydroxylation is 1. The molecule has 3 heterocycles. The first-order chi connectivity index (χ1) is 14.1. The topological polar surface area (TPSA) is 80.4 Å². The van der Waals surface area contributed by atoms with Gasteiger partial charge in [-0.15, -0.1) is 0 Å². The van der Waals surface area contributed by atoms with Crippen molar-refractivity contribution in [3.8, 4) is 0 Å². The summed E-state index contributed by atoms with van der Waals surface area (Å²) in [5.41, 5.74) is 0.967. The van der Waals surface area contributed by atoms with Crippen LogP contribution in [0, 0.1) is 5.92 Å². The molecule has 1 aliphatic heterocycles. The van der Waals surface area contributed by atoms with Gasteiger partial charge < -0.3 is 19.2 Å². The fourth-order valence-corrected chi connectivity index (χ4v) is 3.79. The standard InChI is InChI=1S/C22H24N4O3/c1-25-13-11-23-20(25)19(16-7-3-2-4-8-16)24-21(27)17-9-5-12-26(15-17)22(28)18-10-6-14-29-18/h2-4,6-8,10-11,13-14,17,19H,5,9,12,15H2,1H3,(H,24,27). The molecule has 2 amide bonds. The Kier molecular flexibility index (Phi) is 5.46. The monoisotopic (exact) mass is 392 g/mol. The molecule has 0 bridgehead atoms. The van der Waals surface area contributed by atoms with Gasteiger partial charge in [-0.3, -0.25) is 9.59 Å². The Balaban J connectivity index is 1.50. The van der Waals surface area contributed by atoms with Gasteiger partial charge >= 0.3 is 0 Å². The second-order valence-electron chi connectivity index (χ2n) is 7.32. The third-order valence-electron chi connectivity index (χ3n) is 5.35. The smallest absolute Gasteiger partial charge is 0.289 e. The summed E-state index contributed by atoms with van der Waals surface area (Å²) in [5.74, 6) is 0.564. The summed E-state index contributed by atoms with van der Waals surface area (Å²) >= 11 is 0. The fraction of sp³-hybridized carbons (Fsp3) is 0.318. The molecule has 1 aliphatic rings. The van der Waals surface area contributed by atoms with E-state index in [1.165, 1.54) is 6.26 Å². The number of benzene rings is 1. The zero-order chi connectivity index (χ0) is 20.2. The van der Waals surface area contributed by atoms with Crippen molar-refractivity contribution in [3.63, 3.8) is 0 Å². The SMILES string of the molecule is Cn1ccnc1C(NC(=O)C1CCCN(C(=O)c2ccco2)C1)c1ccccc1. The van der Waals surface area contributed by atoms with Crippen LogP contribution in [0.4, 0.5) is 0 Å². The Morgan fingerprint density at radius 2 is 2.03 bits per heavy atom. The summed E-state index contributed by atoms with van der Waals surface area (Å²) in [7, 11) is 1.91. The summed E-state index contributed by atoms with van der Waals surface area (Å²) < 4.78 is 7.13. The maximum Gasteiger partial charge on any atom is 0.289 e. The van der Waals surface area contributed by atoms with Crippen molar-refractivity contribution in [2.45, 2.75) is 18.9 Å². The maximum atomic E-state index is 13.1. The molecular formula is C22H24N4O3. The number of nitrogens with one attached hydrogen (secondary N) is 1. The van der Waals surface area contributed by atoms with Crippen LogP contribution in [-0.2, 0) is 11.8 Å². The number of likely N-dealkylation sites (tertiary alicyclic amines) is 1. The first-order valence-electron chi connectivity index (χ1n) is 9.79. The van der Waals surface area contributed by atoms with E-state index >= 15 is 0 Å². The summed E-state index contributed by atoms with van der Waals surface area (Å²) in [6.45, 7) is 1.01. The number of carbonyl (C=O) groups is 2. The minimum Gasteiger partial charge on any atom is -0.459 e. The van der Waals surface area contributed by atoms with E-state index in [1.807, 2.05) is 48.1 Å². The van der Waals surface area contributed by atoms with Crippen molar-refractivity contribution in [3.05, 3.63) is 78.3 Å². The van der Waals surface area contributed by atoms with Gasteiger partial charge in [0.15, 0.2) is 5.76 Å². The minimum atomic E-state index is -0.347. The Hall–Kier alpha value is -3.35. The molecule has 7 nitrogen and oxygen atoms in total. The molecule has 0 saturated carbocycles. The number of hydrogen-bond donors (Lipinski definition) is 1. The van der Waals surface area contributed by atoms with Crippen LogP contribution < -0.4 is 5.32 Å². The van der Waals surface area contributed by atoms with Crippen LogP contribution in [0.1, 0.15) is 40.8 Å². The van der Waals surface area contributed by atoms with E-state index in [9.17, 15) is 9.59 Å². The molecule has 1 saturated heterocycles.